The summed E-state index contributed by atoms with van der Waals surface area (Å²) in [5.74, 6) is 0.994. The lowest BCUT2D eigenvalue weighted by molar-refractivity contribution is -0.0112. The highest BCUT2D eigenvalue weighted by Crippen LogP contribution is 2.22. The van der Waals surface area contributed by atoms with E-state index in [1.54, 1.807) is 0 Å². The van der Waals surface area contributed by atoms with Gasteiger partial charge in [0, 0.05) is 18.7 Å². The van der Waals surface area contributed by atoms with Crippen LogP contribution >= 0.6 is 0 Å². The molecule has 20 heavy (non-hydrogen) atoms. The van der Waals surface area contributed by atoms with Crippen molar-refractivity contribution in [3.05, 3.63) is 29.3 Å². The van der Waals surface area contributed by atoms with Gasteiger partial charge in [0.2, 0.25) is 0 Å². The zero-order chi connectivity index (χ0) is 14.2. The minimum Gasteiger partial charge on any atom is -0.491 e. The first-order chi connectivity index (χ1) is 9.79. The molecule has 1 aliphatic heterocycles. The van der Waals surface area contributed by atoms with E-state index in [0.717, 1.165) is 38.3 Å². The summed E-state index contributed by atoms with van der Waals surface area (Å²) in [6.45, 7) is 7.77. The van der Waals surface area contributed by atoms with Crippen molar-refractivity contribution < 1.29 is 9.47 Å². The average Bonchev–Trinajstić information content (AvgIpc) is 2.48. The van der Waals surface area contributed by atoms with Crippen LogP contribution in [0.15, 0.2) is 18.2 Å². The highest BCUT2D eigenvalue weighted by atomic mass is 16.5. The maximum Gasteiger partial charge on any atom is 0.123 e. The summed E-state index contributed by atoms with van der Waals surface area (Å²) in [5, 5.41) is 3.45. The van der Waals surface area contributed by atoms with Crippen LogP contribution in [0.1, 0.15) is 43.7 Å². The SMILES string of the molecule is CCCNCc1cc(C)ccc1OCC1CCCCO1. The molecule has 1 heterocycles. The predicted molar refractivity (Wildman–Crippen MR) is 82.3 cm³/mol. The first kappa shape index (κ1) is 15.3. The Kier molecular flexibility index (Phi) is 6.34. The number of hydrogen-bond donors (Lipinski definition) is 1. The van der Waals surface area contributed by atoms with Crippen molar-refractivity contribution in [2.45, 2.75) is 52.2 Å². The molecule has 0 saturated carbocycles. The molecule has 0 radical (unpaired) electrons. The molecule has 1 N–H and O–H groups in total. The lowest BCUT2D eigenvalue weighted by atomic mass is 10.1. The molecular formula is C17H27NO2. The Hall–Kier alpha value is -1.06. The molecule has 2 rings (SSSR count). The lowest BCUT2D eigenvalue weighted by Crippen LogP contribution is -2.26. The number of benzene rings is 1. The molecule has 0 aromatic heterocycles. The number of hydrogen-bond acceptors (Lipinski definition) is 3. The van der Waals surface area contributed by atoms with Crippen molar-refractivity contribution >= 4 is 0 Å². The van der Waals surface area contributed by atoms with Crippen LogP contribution in [0.5, 0.6) is 5.75 Å². The van der Waals surface area contributed by atoms with Gasteiger partial charge in [-0.15, -0.1) is 0 Å². The van der Waals surface area contributed by atoms with E-state index in [2.05, 4.69) is 37.4 Å². The van der Waals surface area contributed by atoms with E-state index in [9.17, 15) is 0 Å². The lowest BCUT2D eigenvalue weighted by Gasteiger charge is -2.23. The van der Waals surface area contributed by atoms with Gasteiger partial charge in [0.25, 0.3) is 0 Å². The summed E-state index contributed by atoms with van der Waals surface area (Å²) in [7, 11) is 0. The van der Waals surface area contributed by atoms with E-state index in [1.807, 2.05) is 0 Å². The molecular weight excluding hydrogens is 250 g/mol. The molecule has 3 nitrogen and oxygen atoms in total. The Balaban J connectivity index is 1.91. The topological polar surface area (TPSA) is 30.5 Å². The molecule has 1 atom stereocenters. The van der Waals surface area contributed by atoms with Crippen molar-refractivity contribution in [1.29, 1.82) is 0 Å². The van der Waals surface area contributed by atoms with Crippen LogP contribution < -0.4 is 10.1 Å². The first-order valence-corrected chi connectivity index (χ1v) is 7.84. The van der Waals surface area contributed by atoms with E-state index < -0.39 is 0 Å². The number of rotatable bonds is 7. The van der Waals surface area contributed by atoms with E-state index in [4.69, 9.17) is 9.47 Å². The van der Waals surface area contributed by atoms with Gasteiger partial charge >= 0.3 is 0 Å². The van der Waals surface area contributed by atoms with E-state index >= 15 is 0 Å². The van der Waals surface area contributed by atoms with Crippen molar-refractivity contribution in [3.63, 3.8) is 0 Å². The Labute approximate surface area is 122 Å². The molecule has 1 aromatic rings. The number of aryl methyl sites for hydroxylation is 1. The van der Waals surface area contributed by atoms with E-state index in [0.29, 0.717) is 6.61 Å². The molecule has 1 saturated heterocycles. The minimum absolute atomic E-state index is 0.265. The summed E-state index contributed by atoms with van der Waals surface area (Å²) < 4.78 is 11.7. The highest BCUT2D eigenvalue weighted by molar-refractivity contribution is 5.36. The fourth-order valence-corrected chi connectivity index (χ4v) is 2.51. The zero-order valence-electron chi connectivity index (χ0n) is 12.8. The largest absolute Gasteiger partial charge is 0.491 e. The van der Waals surface area contributed by atoms with Crippen molar-refractivity contribution in [2.75, 3.05) is 19.8 Å². The van der Waals surface area contributed by atoms with Gasteiger partial charge in [-0.2, -0.15) is 0 Å². The average molecular weight is 277 g/mol. The van der Waals surface area contributed by atoms with Crippen LogP contribution in [0.25, 0.3) is 0 Å². The molecule has 1 unspecified atom stereocenters. The Morgan fingerprint density at radius 2 is 2.25 bits per heavy atom. The van der Waals surface area contributed by atoms with Gasteiger partial charge in [0.15, 0.2) is 0 Å². The Morgan fingerprint density at radius 3 is 3.00 bits per heavy atom. The van der Waals surface area contributed by atoms with Crippen LogP contribution in [0.4, 0.5) is 0 Å². The van der Waals surface area contributed by atoms with Gasteiger partial charge in [0.1, 0.15) is 12.4 Å². The molecule has 0 aliphatic carbocycles. The number of nitrogens with one attached hydrogen (secondary N) is 1. The normalized spacial score (nSPS) is 19.0. The summed E-state index contributed by atoms with van der Waals surface area (Å²) in [6, 6.07) is 6.40. The standard InChI is InChI=1S/C17H27NO2/c1-3-9-18-12-15-11-14(2)7-8-17(15)20-13-16-6-4-5-10-19-16/h7-8,11,16,18H,3-6,9-10,12-13H2,1-2H3. The van der Waals surface area contributed by atoms with E-state index in [1.165, 1.54) is 24.0 Å². The molecule has 3 heteroatoms. The second kappa shape index (κ2) is 8.28. The fraction of sp³-hybridized carbons (Fsp3) is 0.647. The molecule has 1 fully saturated rings. The Bertz CT molecular complexity index is 400. The van der Waals surface area contributed by atoms with Crippen LogP contribution in [-0.4, -0.2) is 25.9 Å². The van der Waals surface area contributed by atoms with E-state index in [-0.39, 0.29) is 6.10 Å². The van der Waals surface area contributed by atoms with Crippen molar-refractivity contribution in [1.82, 2.24) is 5.32 Å². The summed E-state index contributed by atoms with van der Waals surface area (Å²) in [6.07, 6.45) is 4.98. The molecule has 0 bridgehead atoms. The minimum atomic E-state index is 0.265. The third-order valence-electron chi connectivity index (χ3n) is 3.66. The van der Waals surface area contributed by atoms with Crippen LogP contribution in [-0.2, 0) is 11.3 Å². The molecule has 0 amide bonds. The van der Waals surface area contributed by atoms with Gasteiger partial charge in [-0.1, -0.05) is 24.6 Å². The van der Waals surface area contributed by atoms with Gasteiger partial charge in [-0.05, 0) is 45.2 Å². The van der Waals surface area contributed by atoms with Crippen LogP contribution in [0.2, 0.25) is 0 Å². The molecule has 112 valence electrons. The van der Waals surface area contributed by atoms with Crippen molar-refractivity contribution in [2.24, 2.45) is 0 Å². The monoisotopic (exact) mass is 277 g/mol. The fourth-order valence-electron chi connectivity index (χ4n) is 2.51. The molecule has 1 aromatic carbocycles. The van der Waals surface area contributed by atoms with Gasteiger partial charge in [-0.3, -0.25) is 0 Å². The summed E-state index contributed by atoms with van der Waals surface area (Å²) in [4.78, 5) is 0. The molecule has 1 aliphatic rings. The van der Waals surface area contributed by atoms with Gasteiger partial charge in [0.05, 0.1) is 6.10 Å². The highest BCUT2D eigenvalue weighted by Gasteiger charge is 2.15. The first-order valence-electron chi connectivity index (χ1n) is 7.84. The maximum atomic E-state index is 6.00. The summed E-state index contributed by atoms with van der Waals surface area (Å²) >= 11 is 0. The Morgan fingerprint density at radius 1 is 1.35 bits per heavy atom. The third kappa shape index (κ3) is 4.80. The van der Waals surface area contributed by atoms with Gasteiger partial charge < -0.3 is 14.8 Å². The zero-order valence-corrected chi connectivity index (χ0v) is 12.8. The smallest absolute Gasteiger partial charge is 0.123 e. The summed E-state index contributed by atoms with van der Waals surface area (Å²) in [5.41, 5.74) is 2.52. The maximum absolute atomic E-state index is 6.00. The van der Waals surface area contributed by atoms with Gasteiger partial charge in [-0.25, -0.2) is 0 Å². The number of ether oxygens (including phenoxy) is 2. The quantitative estimate of drug-likeness (QED) is 0.774. The van der Waals surface area contributed by atoms with Crippen LogP contribution in [0, 0.1) is 6.92 Å². The second-order valence-electron chi connectivity index (χ2n) is 5.59. The molecule has 0 spiro atoms. The van der Waals surface area contributed by atoms with Crippen molar-refractivity contribution in [3.8, 4) is 5.75 Å². The predicted octanol–water partition coefficient (Wildman–Crippen LogP) is 3.44. The second-order valence-corrected chi connectivity index (χ2v) is 5.59. The third-order valence-corrected chi connectivity index (χ3v) is 3.66. The van der Waals surface area contributed by atoms with Crippen LogP contribution in [0.3, 0.4) is 0 Å².